The Balaban J connectivity index is 1.99. The van der Waals surface area contributed by atoms with Crippen LogP contribution in [-0.4, -0.2) is 52.3 Å². The maximum absolute atomic E-state index is 15.0. The number of hydrogen-bond donors (Lipinski definition) is 1. The molecule has 1 fully saturated rings. The number of amides is 1. The van der Waals surface area contributed by atoms with Gasteiger partial charge in [0, 0.05) is 36.8 Å². The SMILES string of the molecule is CC1C=C(F)C([C@]23C[C@@H](F)C[C@H]2CSC(N(C)C(=O)OC(C)(C)C)=N3)=CC1N. The molecule has 0 aromatic heterocycles. The summed E-state index contributed by atoms with van der Waals surface area (Å²) in [6, 6.07) is -0.347. The Morgan fingerprint density at radius 2 is 2.11 bits per heavy atom. The molecular formula is C20H29F2N3O2S. The lowest BCUT2D eigenvalue weighted by atomic mass is 9.76. The van der Waals surface area contributed by atoms with Crippen molar-refractivity contribution in [2.45, 2.75) is 63.9 Å². The molecule has 156 valence electrons. The molecule has 0 saturated heterocycles. The van der Waals surface area contributed by atoms with Crippen molar-refractivity contribution in [2.75, 3.05) is 12.8 Å². The largest absolute Gasteiger partial charge is 0.443 e. The zero-order chi connectivity index (χ0) is 20.9. The lowest BCUT2D eigenvalue weighted by Gasteiger charge is -2.40. The van der Waals surface area contributed by atoms with Gasteiger partial charge in [-0.15, -0.1) is 0 Å². The van der Waals surface area contributed by atoms with Crippen LogP contribution < -0.4 is 5.73 Å². The Morgan fingerprint density at radius 1 is 1.43 bits per heavy atom. The van der Waals surface area contributed by atoms with Crippen LogP contribution in [0.4, 0.5) is 13.6 Å². The maximum atomic E-state index is 15.0. The summed E-state index contributed by atoms with van der Waals surface area (Å²) in [4.78, 5) is 18.6. The first-order valence-electron chi connectivity index (χ1n) is 9.62. The van der Waals surface area contributed by atoms with E-state index in [2.05, 4.69) is 0 Å². The number of aliphatic imine (C=N–C) groups is 1. The van der Waals surface area contributed by atoms with Gasteiger partial charge in [-0.25, -0.2) is 18.6 Å². The minimum absolute atomic E-state index is 0.0953. The molecule has 3 aliphatic rings. The van der Waals surface area contributed by atoms with Crippen molar-refractivity contribution in [3.63, 3.8) is 0 Å². The lowest BCUT2D eigenvalue weighted by molar-refractivity contribution is 0.0404. The van der Waals surface area contributed by atoms with Gasteiger partial charge in [-0.2, -0.15) is 0 Å². The van der Waals surface area contributed by atoms with Crippen LogP contribution in [0.5, 0.6) is 0 Å². The molecule has 5 nitrogen and oxygen atoms in total. The molecule has 8 heteroatoms. The second-order valence-corrected chi connectivity index (χ2v) is 9.92. The van der Waals surface area contributed by atoms with E-state index in [1.807, 2.05) is 6.92 Å². The van der Waals surface area contributed by atoms with Crippen LogP contribution >= 0.6 is 11.8 Å². The summed E-state index contributed by atoms with van der Waals surface area (Å²) in [5, 5.41) is 0.417. The number of thioether (sulfide) groups is 1. The molecule has 1 saturated carbocycles. The number of alkyl halides is 1. The number of nitrogens with zero attached hydrogens (tertiary/aromatic N) is 2. The highest BCUT2D eigenvalue weighted by molar-refractivity contribution is 8.13. The number of nitrogens with two attached hydrogens (primary N) is 1. The third-order valence-electron chi connectivity index (χ3n) is 5.51. The van der Waals surface area contributed by atoms with Crippen molar-refractivity contribution in [3.8, 4) is 0 Å². The topological polar surface area (TPSA) is 67.9 Å². The quantitative estimate of drug-likeness (QED) is 0.700. The van der Waals surface area contributed by atoms with Gasteiger partial charge < -0.3 is 10.5 Å². The minimum atomic E-state index is -1.06. The van der Waals surface area contributed by atoms with Crippen molar-refractivity contribution >= 4 is 23.0 Å². The first kappa shape index (κ1) is 21.3. The third kappa shape index (κ3) is 3.99. The summed E-state index contributed by atoms with van der Waals surface area (Å²) in [6.45, 7) is 7.20. The number of rotatable bonds is 1. The van der Waals surface area contributed by atoms with E-state index in [9.17, 15) is 13.6 Å². The molecule has 2 unspecified atom stereocenters. The molecular weight excluding hydrogens is 384 g/mol. The van der Waals surface area contributed by atoms with Crippen molar-refractivity contribution < 1.29 is 18.3 Å². The van der Waals surface area contributed by atoms with Crippen LogP contribution in [-0.2, 0) is 4.74 Å². The number of ether oxygens (including phenoxy) is 1. The zero-order valence-corrected chi connectivity index (χ0v) is 17.9. The molecule has 0 radical (unpaired) electrons. The fourth-order valence-electron chi connectivity index (χ4n) is 3.99. The highest BCUT2D eigenvalue weighted by Crippen LogP contribution is 2.52. The van der Waals surface area contributed by atoms with E-state index in [1.165, 1.54) is 22.7 Å². The van der Waals surface area contributed by atoms with Gasteiger partial charge in [0.1, 0.15) is 17.6 Å². The average molecular weight is 414 g/mol. The predicted octanol–water partition coefficient (Wildman–Crippen LogP) is 4.20. The molecule has 0 aromatic carbocycles. The van der Waals surface area contributed by atoms with Crippen LogP contribution in [0.3, 0.4) is 0 Å². The molecule has 3 rings (SSSR count). The Labute approximate surface area is 169 Å². The van der Waals surface area contributed by atoms with Gasteiger partial charge in [-0.3, -0.25) is 4.90 Å². The van der Waals surface area contributed by atoms with E-state index in [0.717, 1.165) is 0 Å². The van der Waals surface area contributed by atoms with Crippen LogP contribution in [0, 0.1) is 11.8 Å². The third-order valence-corrected chi connectivity index (χ3v) is 6.70. The lowest BCUT2D eigenvalue weighted by Crippen LogP contribution is -2.46. The molecule has 0 aromatic rings. The number of hydrogen-bond acceptors (Lipinski definition) is 5. The van der Waals surface area contributed by atoms with Crippen molar-refractivity contribution in [3.05, 3.63) is 23.6 Å². The van der Waals surface area contributed by atoms with Crippen molar-refractivity contribution in [1.29, 1.82) is 0 Å². The van der Waals surface area contributed by atoms with Crippen LogP contribution in [0.2, 0.25) is 0 Å². The molecule has 2 N–H and O–H groups in total. The second-order valence-electron chi connectivity index (χ2n) is 8.93. The zero-order valence-electron chi connectivity index (χ0n) is 17.0. The van der Waals surface area contributed by atoms with E-state index < -0.39 is 23.4 Å². The Kier molecular flexibility index (Phi) is 5.66. The standard InChI is InChI=1S/C20H29F2N3O2S/c1-11-6-15(22)14(8-16(11)23)20-9-13(21)7-12(20)10-28-17(24-20)25(5)18(26)27-19(2,3)4/h6,8,11-13,16H,7,9-10,23H2,1-5H3/t11?,12-,13-,16?,20-/m0/s1. The fourth-order valence-corrected chi connectivity index (χ4v) is 5.25. The van der Waals surface area contributed by atoms with Gasteiger partial charge in [0.25, 0.3) is 0 Å². The Hall–Kier alpha value is -1.41. The van der Waals surface area contributed by atoms with Crippen LogP contribution in [0.1, 0.15) is 40.5 Å². The summed E-state index contributed by atoms with van der Waals surface area (Å²) in [7, 11) is 1.57. The molecule has 0 spiro atoms. The maximum Gasteiger partial charge on any atom is 0.416 e. The van der Waals surface area contributed by atoms with E-state index >= 15 is 0 Å². The number of halogens is 2. The molecule has 2 aliphatic carbocycles. The number of fused-ring (bicyclic) bond motifs is 1. The van der Waals surface area contributed by atoms with E-state index in [0.29, 0.717) is 22.9 Å². The molecule has 1 aliphatic heterocycles. The number of carbonyl (C=O) groups is 1. The van der Waals surface area contributed by atoms with Crippen molar-refractivity contribution in [1.82, 2.24) is 4.90 Å². The smallest absolute Gasteiger partial charge is 0.416 e. The van der Waals surface area contributed by atoms with Crippen LogP contribution in [0.25, 0.3) is 0 Å². The van der Waals surface area contributed by atoms with Gasteiger partial charge in [-0.05, 0) is 39.2 Å². The summed E-state index contributed by atoms with van der Waals surface area (Å²) in [5.41, 5.74) is 4.82. The summed E-state index contributed by atoms with van der Waals surface area (Å²) < 4.78 is 34.8. The van der Waals surface area contributed by atoms with Gasteiger partial charge >= 0.3 is 6.09 Å². The first-order chi connectivity index (χ1) is 12.9. The molecule has 1 heterocycles. The number of amidine groups is 1. The predicted molar refractivity (Wildman–Crippen MR) is 109 cm³/mol. The minimum Gasteiger partial charge on any atom is -0.443 e. The fraction of sp³-hybridized carbons (Fsp3) is 0.700. The van der Waals surface area contributed by atoms with Gasteiger partial charge in [0.2, 0.25) is 0 Å². The number of carbonyl (C=O) groups excluding carboxylic acids is 1. The molecule has 5 atom stereocenters. The Bertz CT molecular complexity index is 746. The Morgan fingerprint density at radius 3 is 2.75 bits per heavy atom. The highest BCUT2D eigenvalue weighted by Gasteiger charge is 2.54. The molecule has 0 bridgehead atoms. The first-order valence-corrected chi connectivity index (χ1v) is 10.6. The normalized spacial score (nSPS) is 35.5. The summed E-state index contributed by atoms with van der Waals surface area (Å²) >= 11 is 1.38. The highest BCUT2D eigenvalue weighted by atomic mass is 32.2. The molecule has 1 amide bonds. The van der Waals surface area contributed by atoms with E-state index in [-0.39, 0.29) is 30.1 Å². The summed E-state index contributed by atoms with van der Waals surface area (Å²) in [6.07, 6.45) is 2.00. The second kappa shape index (κ2) is 7.44. The van der Waals surface area contributed by atoms with Crippen molar-refractivity contribution in [2.24, 2.45) is 22.6 Å². The molecule has 28 heavy (non-hydrogen) atoms. The van der Waals surface area contributed by atoms with Gasteiger partial charge in [-0.1, -0.05) is 24.8 Å². The van der Waals surface area contributed by atoms with Crippen LogP contribution in [0.15, 0.2) is 28.5 Å². The van der Waals surface area contributed by atoms with Gasteiger partial charge in [0.05, 0.1) is 5.54 Å². The van der Waals surface area contributed by atoms with E-state index in [4.69, 9.17) is 15.5 Å². The monoisotopic (exact) mass is 413 g/mol. The van der Waals surface area contributed by atoms with Gasteiger partial charge in [0.15, 0.2) is 5.17 Å². The van der Waals surface area contributed by atoms with E-state index in [1.54, 1.807) is 33.9 Å². The summed E-state index contributed by atoms with van der Waals surface area (Å²) in [5.74, 6) is -0.105. The average Bonchev–Trinajstić information content (AvgIpc) is 2.91.